The molecule has 1 amide bonds. The Balaban J connectivity index is 1.75. The minimum absolute atomic E-state index is 0.0769. The van der Waals surface area contributed by atoms with Gasteiger partial charge >= 0.3 is 20.2 Å². The van der Waals surface area contributed by atoms with Crippen LogP contribution in [0.4, 0.5) is 4.39 Å². The molecule has 2 aliphatic rings. The van der Waals surface area contributed by atoms with E-state index in [1.54, 1.807) is 20.8 Å². The molecule has 45 heavy (non-hydrogen) atoms. The van der Waals surface area contributed by atoms with E-state index in [1.807, 2.05) is 55.4 Å². The van der Waals surface area contributed by atoms with Crippen LogP contribution >= 0.6 is 0 Å². The second kappa shape index (κ2) is 11.5. The minimum Gasteiger partial charge on any atom is -0.459 e. The molecule has 1 N–H and O–H groups in total. The molecule has 0 bridgehead atoms. The molecule has 2 saturated heterocycles. The van der Waals surface area contributed by atoms with Crippen molar-refractivity contribution in [2.45, 2.75) is 114 Å². The van der Waals surface area contributed by atoms with E-state index in [0.29, 0.717) is 0 Å². The Labute approximate surface area is 265 Å². The third kappa shape index (κ3) is 7.30. The van der Waals surface area contributed by atoms with Gasteiger partial charge in [0.05, 0.1) is 32.2 Å². The molecular formula is C31H42B2FNO9S. The Hall–Kier alpha value is -2.77. The van der Waals surface area contributed by atoms with Crippen molar-refractivity contribution in [1.29, 1.82) is 0 Å². The van der Waals surface area contributed by atoms with Gasteiger partial charge in [-0.25, -0.2) is 12.8 Å². The summed E-state index contributed by atoms with van der Waals surface area (Å²) in [6, 6.07) is 7.29. The molecule has 0 unspecified atom stereocenters. The van der Waals surface area contributed by atoms with E-state index in [4.69, 9.17) is 23.4 Å². The van der Waals surface area contributed by atoms with Crippen LogP contribution < -0.4 is 16.2 Å². The van der Waals surface area contributed by atoms with Gasteiger partial charge in [0.1, 0.15) is 18.0 Å². The molecule has 2 aromatic rings. The zero-order valence-electron chi connectivity index (χ0n) is 27.8. The molecule has 0 spiro atoms. The number of carbonyl (C=O) groups is 2. The molecule has 0 radical (unpaired) electrons. The average Bonchev–Trinajstić information content (AvgIpc) is 3.25. The van der Waals surface area contributed by atoms with E-state index < -0.39 is 76.3 Å². The molecule has 0 atom stereocenters. The first kappa shape index (κ1) is 35.1. The van der Waals surface area contributed by atoms with Crippen molar-refractivity contribution in [2.24, 2.45) is 0 Å². The molecule has 0 aliphatic carbocycles. The lowest BCUT2D eigenvalue weighted by Crippen LogP contribution is -2.41. The summed E-state index contributed by atoms with van der Waals surface area (Å²) in [5, 5.41) is 2.48. The van der Waals surface area contributed by atoms with Crippen LogP contribution in [0.15, 0.2) is 46.2 Å². The summed E-state index contributed by atoms with van der Waals surface area (Å²) < 4.78 is 72.8. The van der Waals surface area contributed by atoms with Gasteiger partial charge in [0.15, 0.2) is 0 Å². The topological polar surface area (TPSA) is 126 Å². The summed E-state index contributed by atoms with van der Waals surface area (Å²) >= 11 is 0. The van der Waals surface area contributed by atoms with Gasteiger partial charge in [0, 0.05) is 5.56 Å². The average molecular weight is 645 g/mol. The highest BCUT2D eigenvalue weighted by molar-refractivity contribution is 7.91. The second-order valence-corrected chi connectivity index (χ2v) is 16.4. The fourth-order valence-electron chi connectivity index (χ4n) is 4.65. The molecule has 14 heteroatoms. The van der Waals surface area contributed by atoms with E-state index in [2.05, 4.69) is 5.32 Å². The summed E-state index contributed by atoms with van der Waals surface area (Å²) in [6.07, 6.45) is 0. The van der Waals surface area contributed by atoms with Crippen LogP contribution in [0, 0.1) is 5.82 Å². The fourth-order valence-corrected chi connectivity index (χ4v) is 6.05. The smallest absolute Gasteiger partial charge is 0.459 e. The zero-order chi connectivity index (χ0) is 34.0. The van der Waals surface area contributed by atoms with Crippen molar-refractivity contribution in [1.82, 2.24) is 5.32 Å². The van der Waals surface area contributed by atoms with Crippen LogP contribution in [0.3, 0.4) is 0 Å². The van der Waals surface area contributed by atoms with Crippen LogP contribution in [-0.2, 0) is 38.0 Å². The molecule has 2 aromatic carbocycles. The van der Waals surface area contributed by atoms with Crippen molar-refractivity contribution >= 4 is 46.9 Å². The third-order valence-electron chi connectivity index (χ3n) is 8.57. The summed E-state index contributed by atoms with van der Waals surface area (Å²) in [7, 11) is -6.45. The van der Waals surface area contributed by atoms with Crippen molar-refractivity contribution < 1.29 is 45.8 Å². The van der Waals surface area contributed by atoms with Crippen LogP contribution in [0.25, 0.3) is 0 Å². The number of sulfone groups is 1. The predicted octanol–water partition coefficient (Wildman–Crippen LogP) is 3.33. The van der Waals surface area contributed by atoms with Crippen LogP contribution in [0.5, 0.6) is 0 Å². The number of rotatable bonds is 7. The molecule has 2 heterocycles. The van der Waals surface area contributed by atoms with Gasteiger partial charge in [-0.15, -0.1) is 0 Å². The molecule has 2 aliphatic heterocycles. The highest BCUT2D eigenvalue weighted by Gasteiger charge is 2.53. The van der Waals surface area contributed by atoms with Crippen molar-refractivity contribution in [3.8, 4) is 0 Å². The van der Waals surface area contributed by atoms with Gasteiger partial charge in [-0.2, -0.15) is 0 Å². The Bertz CT molecular complexity index is 1590. The zero-order valence-corrected chi connectivity index (χ0v) is 28.6. The maximum atomic E-state index is 15.0. The highest BCUT2D eigenvalue weighted by Crippen LogP contribution is 2.38. The first-order valence-corrected chi connectivity index (χ1v) is 16.2. The van der Waals surface area contributed by atoms with Gasteiger partial charge in [-0.3, -0.25) is 9.59 Å². The van der Waals surface area contributed by atoms with E-state index in [9.17, 15) is 22.4 Å². The molecule has 244 valence electrons. The quantitative estimate of drug-likeness (QED) is 0.357. The molecule has 4 rings (SSSR count). The monoisotopic (exact) mass is 645 g/mol. The predicted molar refractivity (Wildman–Crippen MR) is 168 cm³/mol. The van der Waals surface area contributed by atoms with Gasteiger partial charge in [-0.05, 0) is 123 Å². The highest BCUT2D eigenvalue weighted by atomic mass is 32.2. The Morgan fingerprint density at radius 1 is 0.756 bits per heavy atom. The van der Waals surface area contributed by atoms with Crippen molar-refractivity contribution in [3.05, 3.63) is 47.8 Å². The Morgan fingerprint density at radius 3 is 1.62 bits per heavy atom. The normalized spacial score (nSPS) is 20.3. The van der Waals surface area contributed by atoms with Gasteiger partial charge < -0.3 is 28.7 Å². The Kier molecular flexibility index (Phi) is 8.95. The number of benzene rings is 2. The molecular weight excluding hydrogens is 603 g/mol. The lowest BCUT2D eigenvalue weighted by Gasteiger charge is -2.32. The molecule has 2 fully saturated rings. The van der Waals surface area contributed by atoms with E-state index >= 15 is 0 Å². The number of halogens is 1. The molecule has 10 nitrogen and oxygen atoms in total. The number of hydrogen-bond acceptors (Lipinski definition) is 9. The van der Waals surface area contributed by atoms with Crippen molar-refractivity contribution in [3.63, 3.8) is 0 Å². The van der Waals surface area contributed by atoms with E-state index in [-0.39, 0.29) is 26.3 Å². The first-order chi connectivity index (χ1) is 20.3. The third-order valence-corrected chi connectivity index (χ3v) is 10.3. The lowest BCUT2D eigenvalue weighted by atomic mass is 9.78. The van der Waals surface area contributed by atoms with Gasteiger partial charge in [0.2, 0.25) is 9.84 Å². The Morgan fingerprint density at radius 2 is 1.18 bits per heavy atom. The van der Waals surface area contributed by atoms with E-state index in [1.165, 1.54) is 18.2 Å². The van der Waals surface area contributed by atoms with Gasteiger partial charge in [0.25, 0.3) is 5.91 Å². The second-order valence-electron chi connectivity index (χ2n) is 14.5. The van der Waals surface area contributed by atoms with E-state index in [0.717, 1.165) is 18.2 Å². The standard InChI is InChI=1S/C31H42B2FNO9S/c1-27(2,3)40-25(36)18-35-26(37)19-12-20(32-41-28(4,5)29(6,7)42-32)15-23(13-19)45(38,39)24-16-21(14-22(34)17-24)33-43-30(8,9)31(10,11)44-33/h12-17H,18H2,1-11H3,(H,35,37). The summed E-state index contributed by atoms with van der Waals surface area (Å²) in [4.78, 5) is 24.9. The van der Waals surface area contributed by atoms with Crippen LogP contribution in [0.2, 0.25) is 0 Å². The molecule has 0 saturated carbocycles. The maximum Gasteiger partial charge on any atom is 0.494 e. The summed E-state index contributed by atoms with van der Waals surface area (Å²) in [5.41, 5.74) is -3.39. The number of hydrogen-bond donors (Lipinski definition) is 1. The van der Waals surface area contributed by atoms with Crippen molar-refractivity contribution in [2.75, 3.05) is 6.54 Å². The number of carbonyl (C=O) groups excluding carboxylic acids is 2. The van der Waals surface area contributed by atoms with Crippen LogP contribution in [0.1, 0.15) is 86.5 Å². The lowest BCUT2D eigenvalue weighted by molar-refractivity contribution is -0.153. The fraction of sp³-hybridized carbons (Fsp3) is 0.548. The summed E-state index contributed by atoms with van der Waals surface area (Å²) in [6.45, 7) is 19.3. The number of amides is 1. The minimum atomic E-state index is -4.43. The maximum absolute atomic E-state index is 15.0. The largest absolute Gasteiger partial charge is 0.494 e. The van der Waals surface area contributed by atoms with Crippen LogP contribution in [-0.4, -0.2) is 69.1 Å². The first-order valence-electron chi connectivity index (χ1n) is 14.8. The number of nitrogens with one attached hydrogen (secondary N) is 1. The number of ether oxygens (including phenoxy) is 1. The summed E-state index contributed by atoms with van der Waals surface area (Å²) in [5.74, 6) is -2.20. The number of esters is 1. The SMILES string of the molecule is CC(C)(C)OC(=O)CNC(=O)c1cc(B2OC(C)(C)C(C)(C)O2)cc(S(=O)(=O)c2cc(F)cc(B3OC(C)(C)C(C)(C)O3)c2)c1. The molecule has 0 aromatic heterocycles. The van der Waals surface area contributed by atoms with Gasteiger partial charge in [-0.1, -0.05) is 0 Å².